The van der Waals surface area contributed by atoms with Crippen molar-refractivity contribution in [1.29, 1.82) is 0 Å². The fourth-order valence-corrected chi connectivity index (χ4v) is 0.894. The average Bonchev–Trinajstić information content (AvgIpc) is 2.67. The van der Waals surface area contributed by atoms with Crippen LogP contribution in [0.15, 0.2) is 35.0 Å². The van der Waals surface area contributed by atoms with Crippen LogP contribution in [0.2, 0.25) is 0 Å². The molecular formula is C10H10O5. The number of ether oxygens (including phenoxy) is 1. The van der Waals surface area contributed by atoms with Crippen molar-refractivity contribution >= 4 is 11.9 Å². The van der Waals surface area contributed by atoms with Gasteiger partial charge in [-0.25, -0.2) is 9.59 Å². The lowest BCUT2D eigenvalue weighted by atomic mass is 10.3. The minimum atomic E-state index is -1.18. The van der Waals surface area contributed by atoms with E-state index in [1.807, 2.05) is 0 Å². The molecule has 1 heterocycles. The first-order chi connectivity index (χ1) is 7.18. The monoisotopic (exact) mass is 210 g/mol. The van der Waals surface area contributed by atoms with Gasteiger partial charge >= 0.3 is 11.9 Å². The van der Waals surface area contributed by atoms with Gasteiger partial charge in [0.1, 0.15) is 5.76 Å². The highest BCUT2D eigenvalue weighted by atomic mass is 16.5. The van der Waals surface area contributed by atoms with E-state index in [-0.39, 0.29) is 6.61 Å². The van der Waals surface area contributed by atoms with Gasteiger partial charge < -0.3 is 14.3 Å². The van der Waals surface area contributed by atoms with Crippen LogP contribution < -0.4 is 0 Å². The number of aliphatic carboxylic acids is 1. The van der Waals surface area contributed by atoms with Crippen molar-refractivity contribution in [3.8, 4) is 0 Å². The molecule has 0 aromatic carbocycles. The third kappa shape index (κ3) is 4.66. The van der Waals surface area contributed by atoms with Crippen LogP contribution in [0, 0.1) is 0 Å². The summed E-state index contributed by atoms with van der Waals surface area (Å²) >= 11 is 0. The van der Waals surface area contributed by atoms with E-state index < -0.39 is 11.9 Å². The Balaban J connectivity index is 2.20. The molecule has 5 nitrogen and oxygen atoms in total. The van der Waals surface area contributed by atoms with Crippen molar-refractivity contribution < 1.29 is 23.8 Å². The highest BCUT2D eigenvalue weighted by Crippen LogP contribution is 2.00. The molecule has 0 saturated heterocycles. The molecule has 0 aliphatic heterocycles. The summed E-state index contributed by atoms with van der Waals surface area (Å²) in [6, 6.07) is 3.50. The Morgan fingerprint density at radius 3 is 2.87 bits per heavy atom. The third-order valence-corrected chi connectivity index (χ3v) is 1.53. The summed E-state index contributed by atoms with van der Waals surface area (Å²) in [6.45, 7) is 0.163. The molecule has 15 heavy (non-hydrogen) atoms. The molecule has 1 aromatic heterocycles. The molecule has 0 bridgehead atoms. The van der Waals surface area contributed by atoms with Crippen LogP contribution in [-0.4, -0.2) is 23.7 Å². The van der Waals surface area contributed by atoms with Crippen LogP contribution in [0.3, 0.4) is 0 Å². The van der Waals surface area contributed by atoms with Gasteiger partial charge in [-0.3, -0.25) is 0 Å². The molecular weight excluding hydrogens is 200 g/mol. The Labute approximate surface area is 86.0 Å². The first kappa shape index (κ1) is 11.0. The molecule has 80 valence electrons. The predicted octanol–water partition coefficient (Wildman–Crippen LogP) is 1.01. The van der Waals surface area contributed by atoms with Crippen LogP contribution >= 0.6 is 0 Å². The van der Waals surface area contributed by atoms with Crippen molar-refractivity contribution in [2.24, 2.45) is 0 Å². The number of hydrogen-bond donors (Lipinski definition) is 1. The van der Waals surface area contributed by atoms with E-state index in [1.54, 1.807) is 12.1 Å². The van der Waals surface area contributed by atoms with Crippen molar-refractivity contribution in [2.75, 3.05) is 6.61 Å². The number of carboxylic acids is 1. The lowest BCUT2D eigenvalue weighted by Crippen LogP contribution is -2.05. The first-order valence-electron chi connectivity index (χ1n) is 4.28. The smallest absolute Gasteiger partial charge is 0.331 e. The van der Waals surface area contributed by atoms with E-state index in [2.05, 4.69) is 0 Å². The maximum Gasteiger partial charge on any atom is 0.331 e. The number of esters is 1. The maximum absolute atomic E-state index is 10.9. The van der Waals surface area contributed by atoms with Gasteiger partial charge in [-0.15, -0.1) is 0 Å². The standard InChI is InChI=1S/C10H10O5/c11-9(12)3-4-10(13)15-7-5-8-2-1-6-14-8/h1-4,6H,5,7H2,(H,11,12)/b4-3-. The van der Waals surface area contributed by atoms with Gasteiger partial charge in [0, 0.05) is 18.6 Å². The number of carbonyl (C=O) groups excluding carboxylic acids is 1. The van der Waals surface area contributed by atoms with Crippen LogP contribution in [0.25, 0.3) is 0 Å². The third-order valence-electron chi connectivity index (χ3n) is 1.53. The Morgan fingerprint density at radius 2 is 2.27 bits per heavy atom. The molecule has 5 heteroatoms. The zero-order chi connectivity index (χ0) is 11.1. The van der Waals surface area contributed by atoms with E-state index in [4.69, 9.17) is 14.3 Å². The summed E-state index contributed by atoms with van der Waals surface area (Å²) in [4.78, 5) is 20.9. The second-order valence-corrected chi connectivity index (χ2v) is 2.67. The second-order valence-electron chi connectivity index (χ2n) is 2.67. The first-order valence-corrected chi connectivity index (χ1v) is 4.28. The molecule has 0 aliphatic carbocycles. The van der Waals surface area contributed by atoms with E-state index in [1.165, 1.54) is 6.26 Å². The normalized spacial score (nSPS) is 10.4. The molecule has 1 aromatic rings. The lowest BCUT2D eigenvalue weighted by Gasteiger charge is -1.98. The predicted molar refractivity (Wildman–Crippen MR) is 50.1 cm³/mol. The summed E-state index contributed by atoms with van der Waals surface area (Å²) < 4.78 is 9.73. The fraction of sp³-hybridized carbons (Fsp3) is 0.200. The summed E-state index contributed by atoms with van der Waals surface area (Å²) in [5.41, 5.74) is 0. The van der Waals surface area contributed by atoms with Crippen molar-refractivity contribution in [3.05, 3.63) is 36.3 Å². The van der Waals surface area contributed by atoms with E-state index >= 15 is 0 Å². The summed E-state index contributed by atoms with van der Waals surface area (Å²) in [5.74, 6) is -1.15. The number of hydrogen-bond acceptors (Lipinski definition) is 4. The van der Waals surface area contributed by atoms with Crippen LogP contribution in [0.5, 0.6) is 0 Å². The van der Waals surface area contributed by atoms with Gasteiger partial charge in [0.2, 0.25) is 0 Å². The number of rotatable bonds is 5. The molecule has 0 amide bonds. The van der Waals surface area contributed by atoms with Gasteiger partial charge in [-0.1, -0.05) is 0 Å². The molecule has 0 unspecified atom stereocenters. The Morgan fingerprint density at radius 1 is 1.47 bits per heavy atom. The Hall–Kier alpha value is -2.04. The Kier molecular flexibility index (Phi) is 4.15. The number of carbonyl (C=O) groups is 2. The zero-order valence-electron chi connectivity index (χ0n) is 7.88. The molecule has 0 aliphatic rings. The number of carboxylic acid groups (broad SMARTS) is 1. The molecule has 0 saturated carbocycles. The molecule has 1 rings (SSSR count). The van der Waals surface area contributed by atoms with Crippen molar-refractivity contribution in [3.63, 3.8) is 0 Å². The minimum absolute atomic E-state index is 0.163. The highest BCUT2D eigenvalue weighted by Gasteiger charge is 2.00. The SMILES string of the molecule is O=C(O)/C=C\C(=O)OCCc1ccco1. The fourth-order valence-electron chi connectivity index (χ4n) is 0.894. The van der Waals surface area contributed by atoms with Crippen molar-refractivity contribution in [1.82, 2.24) is 0 Å². The van der Waals surface area contributed by atoms with E-state index in [9.17, 15) is 9.59 Å². The highest BCUT2D eigenvalue weighted by molar-refractivity contribution is 5.90. The van der Waals surface area contributed by atoms with Gasteiger partial charge in [-0.05, 0) is 12.1 Å². The van der Waals surface area contributed by atoms with Gasteiger partial charge in [0.15, 0.2) is 0 Å². The molecule has 1 N–H and O–H groups in total. The number of furan rings is 1. The second kappa shape index (κ2) is 5.64. The Bertz CT molecular complexity index is 350. The minimum Gasteiger partial charge on any atom is -0.478 e. The van der Waals surface area contributed by atoms with Crippen LogP contribution in [-0.2, 0) is 20.7 Å². The average molecular weight is 210 g/mol. The maximum atomic E-state index is 10.9. The topological polar surface area (TPSA) is 76.7 Å². The van der Waals surface area contributed by atoms with Crippen LogP contribution in [0.4, 0.5) is 0 Å². The summed E-state index contributed by atoms with van der Waals surface area (Å²) in [6.07, 6.45) is 3.60. The van der Waals surface area contributed by atoms with Crippen LogP contribution in [0.1, 0.15) is 5.76 Å². The molecule has 0 radical (unpaired) electrons. The molecule has 0 atom stereocenters. The van der Waals surface area contributed by atoms with Gasteiger partial charge in [-0.2, -0.15) is 0 Å². The quantitative estimate of drug-likeness (QED) is 0.579. The zero-order valence-corrected chi connectivity index (χ0v) is 7.88. The van der Waals surface area contributed by atoms with Crippen molar-refractivity contribution in [2.45, 2.75) is 6.42 Å². The molecule has 0 fully saturated rings. The van der Waals surface area contributed by atoms with E-state index in [0.29, 0.717) is 12.2 Å². The summed E-state index contributed by atoms with van der Waals surface area (Å²) in [7, 11) is 0. The van der Waals surface area contributed by atoms with Gasteiger partial charge in [0.25, 0.3) is 0 Å². The van der Waals surface area contributed by atoms with Gasteiger partial charge in [0.05, 0.1) is 12.9 Å². The van der Waals surface area contributed by atoms with E-state index in [0.717, 1.165) is 12.2 Å². The largest absolute Gasteiger partial charge is 0.478 e. The lowest BCUT2D eigenvalue weighted by molar-refractivity contribution is -0.138. The summed E-state index contributed by atoms with van der Waals surface area (Å²) in [5, 5.41) is 8.23. The molecule has 0 spiro atoms.